The predicted octanol–water partition coefficient (Wildman–Crippen LogP) is 2.50. The van der Waals surface area contributed by atoms with E-state index in [1.165, 1.54) is 7.11 Å². The fourth-order valence-corrected chi connectivity index (χ4v) is 2.30. The van der Waals surface area contributed by atoms with Gasteiger partial charge in [-0.15, -0.1) is 0 Å². The van der Waals surface area contributed by atoms with E-state index in [4.69, 9.17) is 10.5 Å². The Morgan fingerprint density at radius 2 is 2.06 bits per heavy atom. The fraction of sp³-hybridized carbons (Fsp3) is 0.538. The van der Waals surface area contributed by atoms with Crippen LogP contribution in [0.15, 0.2) is 16.6 Å². The number of aromatic hydroxyl groups is 1. The summed E-state index contributed by atoms with van der Waals surface area (Å²) in [5, 5.41) is 9.81. The maximum Gasteiger partial charge on any atom is 0.172 e. The van der Waals surface area contributed by atoms with Crippen LogP contribution in [0.4, 0.5) is 0 Å². The minimum Gasteiger partial charge on any atom is -0.503 e. The number of hydrogen-bond donors (Lipinski definition) is 2. The molecule has 4 nitrogen and oxygen atoms in total. The number of ether oxygens (including phenoxy) is 1. The third-order valence-electron chi connectivity index (χ3n) is 3.18. The largest absolute Gasteiger partial charge is 0.503 e. The number of phenolic OH excluding ortho intramolecular Hbond substituents is 1. The molecule has 1 aromatic carbocycles. The van der Waals surface area contributed by atoms with Gasteiger partial charge in [-0.3, -0.25) is 4.90 Å². The Morgan fingerprint density at radius 1 is 1.44 bits per heavy atom. The summed E-state index contributed by atoms with van der Waals surface area (Å²) in [4.78, 5) is 2.19. The summed E-state index contributed by atoms with van der Waals surface area (Å²) >= 11 is 3.33. The summed E-state index contributed by atoms with van der Waals surface area (Å²) in [5.41, 5.74) is 6.89. The van der Waals surface area contributed by atoms with Crippen LogP contribution in [-0.4, -0.2) is 36.8 Å². The molecule has 0 aliphatic heterocycles. The zero-order valence-corrected chi connectivity index (χ0v) is 12.9. The van der Waals surface area contributed by atoms with Gasteiger partial charge in [0.05, 0.1) is 11.6 Å². The van der Waals surface area contributed by atoms with E-state index >= 15 is 0 Å². The molecule has 0 bridgehead atoms. The van der Waals surface area contributed by atoms with E-state index in [9.17, 15) is 5.11 Å². The Balaban J connectivity index is 3.18. The summed E-state index contributed by atoms with van der Waals surface area (Å²) in [6.07, 6.45) is 0. The van der Waals surface area contributed by atoms with E-state index in [1.807, 2.05) is 19.2 Å². The molecule has 0 saturated carbocycles. The van der Waals surface area contributed by atoms with E-state index in [0.717, 1.165) is 5.56 Å². The minimum atomic E-state index is 0.0933. The number of phenols is 1. The third kappa shape index (κ3) is 3.16. The Bertz CT molecular complexity index is 410. The van der Waals surface area contributed by atoms with Gasteiger partial charge in [-0.1, -0.05) is 0 Å². The number of nitrogens with zero attached hydrogens (tertiary/aromatic N) is 1. The van der Waals surface area contributed by atoms with Crippen molar-refractivity contribution in [3.8, 4) is 11.5 Å². The SMILES string of the molecule is COc1cc(C(CN)N(C)C(C)C)cc(Br)c1O. The summed E-state index contributed by atoms with van der Waals surface area (Å²) < 4.78 is 5.78. The average molecular weight is 317 g/mol. The predicted molar refractivity (Wildman–Crippen MR) is 77.1 cm³/mol. The molecule has 0 saturated heterocycles. The van der Waals surface area contributed by atoms with Crippen LogP contribution in [0.5, 0.6) is 11.5 Å². The quantitative estimate of drug-likeness (QED) is 0.876. The van der Waals surface area contributed by atoms with Gasteiger partial charge in [0, 0.05) is 18.6 Å². The molecular weight excluding hydrogens is 296 g/mol. The highest BCUT2D eigenvalue weighted by atomic mass is 79.9. The van der Waals surface area contributed by atoms with Gasteiger partial charge in [0.25, 0.3) is 0 Å². The van der Waals surface area contributed by atoms with Crippen molar-refractivity contribution in [3.05, 3.63) is 22.2 Å². The Kier molecular flexibility index (Phi) is 5.44. The van der Waals surface area contributed by atoms with Gasteiger partial charge in [0.1, 0.15) is 0 Å². The number of likely N-dealkylation sites (N-methyl/N-ethyl adjacent to an activating group) is 1. The fourth-order valence-electron chi connectivity index (χ4n) is 1.84. The van der Waals surface area contributed by atoms with Crippen LogP contribution < -0.4 is 10.5 Å². The van der Waals surface area contributed by atoms with Gasteiger partial charge >= 0.3 is 0 Å². The van der Waals surface area contributed by atoms with Crippen molar-refractivity contribution in [1.29, 1.82) is 0 Å². The third-order valence-corrected chi connectivity index (χ3v) is 3.79. The Morgan fingerprint density at radius 3 is 2.50 bits per heavy atom. The molecule has 0 aliphatic rings. The van der Waals surface area contributed by atoms with Gasteiger partial charge in [0.15, 0.2) is 11.5 Å². The summed E-state index contributed by atoms with van der Waals surface area (Å²) in [5.74, 6) is 0.569. The molecule has 5 heteroatoms. The molecular formula is C13H21BrN2O2. The number of methoxy groups -OCH3 is 1. The van der Waals surface area contributed by atoms with Gasteiger partial charge in [0.2, 0.25) is 0 Å². The van der Waals surface area contributed by atoms with Crippen LogP contribution >= 0.6 is 15.9 Å². The molecule has 0 fully saturated rings. The van der Waals surface area contributed by atoms with Gasteiger partial charge < -0.3 is 15.6 Å². The topological polar surface area (TPSA) is 58.7 Å². The van der Waals surface area contributed by atoms with E-state index in [1.54, 1.807) is 0 Å². The lowest BCUT2D eigenvalue weighted by molar-refractivity contribution is 0.200. The highest BCUT2D eigenvalue weighted by molar-refractivity contribution is 9.10. The summed E-state index contributed by atoms with van der Waals surface area (Å²) in [7, 11) is 3.57. The molecule has 0 amide bonds. The van der Waals surface area contributed by atoms with Gasteiger partial charge in [-0.25, -0.2) is 0 Å². The van der Waals surface area contributed by atoms with Crippen LogP contribution in [0.1, 0.15) is 25.5 Å². The molecule has 1 rings (SSSR count). The molecule has 102 valence electrons. The summed E-state index contributed by atoms with van der Waals surface area (Å²) in [6.45, 7) is 4.75. The summed E-state index contributed by atoms with van der Waals surface area (Å²) in [6, 6.07) is 4.19. The maximum absolute atomic E-state index is 9.81. The molecule has 0 aromatic heterocycles. The Labute approximate surface area is 117 Å². The monoisotopic (exact) mass is 316 g/mol. The molecule has 18 heavy (non-hydrogen) atoms. The lowest BCUT2D eigenvalue weighted by Gasteiger charge is -2.31. The van der Waals surface area contributed by atoms with Crippen LogP contribution in [0.25, 0.3) is 0 Å². The molecule has 1 atom stereocenters. The van der Waals surface area contributed by atoms with Crippen molar-refractivity contribution < 1.29 is 9.84 Å². The normalized spacial score (nSPS) is 13.1. The Hall–Kier alpha value is -0.780. The van der Waals surface area contributed by atoms with E-state index in [-0.39, 0.29) is 11.8 Å². The minimum absolute atomic E-state index is 0.0933. The molecule has 1 unspecified atom stereocenters. The van der Waals surface area contributed by atoms with Crippen molar-refractivity contribution in [3.63, 3.8) is 0 Å². The first-order valence-electron chi connectivity index (χ1n) is 5.90. The van der Waals surface area contributed by atoms with Crippen molar-refractivity contribution in [2.24, 2.45) is 5.73 Å². The van der Waals surface area contributed by atoms with E-state index in [0.29, 0.717) is 22.8 Å². The smallest absolute Gasteiger partial charge is 0.172 e. The van der Waals surface area contributed by atoms with Crippen molar-refractivity contribution in [2.45, 2.75) is 25.9 Å². The molecule has 0 heterocycles. The van der Waals surface area contributed by atoms with Crippen LogP contribution in [0, 0.1) is 0 Å². The van der Waals surface area contributed by atoms with Crippen molar-refractivity contribution >= 4 is 15.9 Å². The molecule has 3 N–H and O–H groups in total. The van der Waals surface area contributed by atoms with Crippen LogP contribution in [0.2, 0.25) is 0 Å². The lowest BCUT2D eigenvalue weighted by atomic mass is 10.0. The number of nitrogens with two attached hydrogens (primary N) is 1. The lowest BCUT2D eigenvalue weighted by Crippen LogP contribution is -2.35. The first kappa shape index (κ1) is 15.3. The number of rotatable bonds is 5. The number of halogens is 1. The standard InChI is InChI=1S/C13H21BrN2O2/c1-8(2)16(3)11(7-15)9-5-10(14)13(17)12(6-9)18-4/h5-6,8,11,17H,7,15H2,1-4H3. The molecule has 1 aromatic rings. The van der Waals surface area contributed by atoms with Crippen LogP contribution in [-0.2, 0) is 0 Å². The zero-order chi connectivity index (χ0) is 13.9. The molecule has 0 radical (unpaired) electrons. The van der Waals surface area contributed by atoms with Crippen molar-refractivity contribution in [1.82, 2.24) is 4.90 Å². The first-order valence-corrected chi connectivity index (χ1v) is 6.70. The zero-order valence-electron chi connectivity index (χ0n) is 11.3. The van der Waals surface area contributed by atoms with Crippen molar-refractivity contribution in [2.75, 3.05) is 20.7 Å². The van der Waals surface area contributed by atoms with E-state index in [2.05, 4.69) is 34.7 Å². The number of hydrogen-bond acceptors (Lipinski definition) is 4. The first-order chi connectivity index (χ1) is 8.42. The highest BCUT2D eigenvalue weighted by Gasteiger charge is 2.20. The second-order valence-electron chi connectivity index (χ2n) is 4.56. The number of benzene rings is 1. The van der Waals surface area contributed by atoms with Gasteiger partial charge in [-0.2, -0.15) is 0 Å². The maximum atomic E-state index is 9.81. The second-order valence-corrected chi connectivity index (χ2v) is 5.42. The second kappa shape index (κ2) is 6.41. The average Bonchev–Trinajstić information content (AvgIpc) is 2.33. The van der Waals surface area contributed by atoms with Crippen LogP contribution in [0.3, 0.4) is 0 Å². The van der Waals surface area contributed by atoms with E-state index < -0.39 is 0 Å². The molecule has 0 aliphatic carbocycles. The molecule has 0 spiro atoms. The highest BCUT2D eigenvalue weighted by Crippen LogP contribution is 2.37. The van der Waals surface area contributed by atoms with Gasteiger partial charge in [-0.05, 0) is 54.5 Å².